The lowest BCUT2D eigenvalue weighted by atomic mass is 10.2. The van der Waals surface area contributed by atoms with Gasteiger partial charge < -0.3 is 14.2 Å². The highest BCUT2D eigenvalue weighted by molar-refractivity contribution is 5.76. The maximum absolute atomic E-state index is 13.2. The maximum Gasteiger partial charge on any atom is 0.277 e. The molecule has 0 saturated carbocycles. The van der Waals surface area contributed by atoms with E-state index in [4.69, 9.17) is 4.74 Å². The summed E-state index contributed by atoms with van der Waals surface area (Å²) in [5, 5.41) is 0. The minimum atomic E-state index is -0.0252. The first-order chi connectivity index (χ1) is 16.1. The van der Waals surface area contributed by atoms with Crippen molar-refractivity contribution in [2.75, 3.05) is 39.8 Å². The fraction of sp³-hybridized carbons (Fsp3) is 0.400. The zero-order valence-corrected chi connectivity index (χ0v) is 19.3. The third-order valence-corrected chi connectivity index (χ3v) is 6.51. The number of aryl methyl sites for hydroxylation is 2. The summed E-state index contributed by atoms with van der Waals surface area (Å²) >= 11 is 0. The molecule has 4 heterocycles. The van der Waals surface area contributed by atoms with Gasteiger partial charge in [0.1, 0.15) is 11.3 Å². The lowest BCUT2D eigenvalue weighted by molar-refractivity contribution is 0.125. The predicted molar refractivity (Wildman–Crippen MR) is 129 cm³/mol. The van der Waals surface area contributed by atoms with Crippen LogP contribution in [-0.2, 0) is 13.1 Å². The highest BCUT2D eigenvalue weighted by Crippen LogP contribution is 2.19. The van der Waals surface area contributed by atoms with E-state index in [0.717, 1.165) is 57.0 Å². The van der Waals surface area contributed by atoms with E-state index >= 15 is 0 Å². The summed E-state index contributed by atoms with van der Waals surface area (Å²) in [5.41, 5.74) is 3.40. The number of aromatic nitrogens is 4. The molecule has 0 radical (unpaired) electrons. The molecule has 3 aromatic heterocycles. The summed E-state index contributed by atoms with van der Waals surface area (Å²) in [6.45, 7) is 8.77. The lowest BCUT2D eigenvalue weighted by Crippen LogP contribution is -2.46. The number of benzene rings is 1. The van der Waals surface area contributed by atoms with Crippen LogP contribution in [0, 0.1) is 6.92 Å². The molecule has 172 valence electrons. The number of fused-ring (bicyclic) bond motifs is 3. The highest BCUT2D eigenvalue weighted by atomic mass is 16.5. The van der Waals surface area contributed by atoms with Crippen molar-refractivity contribution >= 4 is 16.7 Å². The number of rotatable bonds is 7. The fourth-order valence-electron chi connectivity index (χ4n) is 4.71. The van der Waals surface area contributed by atoms with E-state index in [0.29, 0.717) is 23.6 Å². The Hall–Kier alpha value is -3.23. The Kier molecular flexibility index (Phi) is 6.11. The van der Waals surface area contributed by atoms with Crippen LogP contribution in [0.1, 0.15) is 17.8 Å². The monoisotopic (exact) mass is 446 g/mol. The maximum atomic E-state index is 13.2. The summed E-state index contributed by atoms with van der Waals surface area (Å²) in [7, 11) is 1.60. The van der Waals surface area contributed by atoms with Gasteiger partial charge in [0.05, 0.1) is 18.8 Å². The molecule has 8 nitrogen and oxygen atoms in total. The minimum absolute atomic E-state index is 0.0252. The quantitative estimate of drug-likeness (QED) is 0.435. The van der Waals surface area contributed by atoms with E-state index in [2.05, 4.69) is 50.1 Å². The van der Waals surface area contributed by atoms with E-state index in [1.165, 1.54) is 5.56 Å². The first-order valence-corrected chi connectivity index (χ1v) is 11.5. The Bertz CT molecular complexity index is 1310. The van der Waals surface area contributed by atoms with Crippen LogP contribution >= 0.6 is 0 Å². The summed E-state index contributed by atoms with van der Waals surface area (Å²) in [5.74, 6) is 1.27. The molecule has 1 aliphatic rings. The van der Waals surface area contributed by atoms with Crippen molar-refractivity contribution in [3.05, 3.63) is 70.4 Å². The summed E-state index contributed by atoms with van der Waals surface area (Å²) in [6.07, 6.45) is 2.55. The van der Waals surface area contributed by atoms with Gasteiger partial charge in [0, 0.05) is 45.3 Å². The van der Waals surface area contributed by atoms with E-state index in [1.807, 2.05) is 28.0 Å². The molecule has 1 aliphatic heterocycles. The van der Waals surface area contributed by atoms with Crippen molar-refractivity contribution < 1.29 is 4.74 Å². The summed E-state index contributed by atoms with van der Waals surface area (Å²) < 4.78 is 8.98. The zero-order valence-electron chi connectivity index (χ0n) is 19.3. The fourth-order valence-corrected chi connectivity index (χ4v) is 4.71. The number of nitrogens with zero attached hydrogens (tertiary/aromatic N) is 6. The average Bonchev–Trinajstić information content (AvgIpc) is 3.24. The molecule has 0 aliphatic carbocycles. The largest absolute Gasteiger partial charge is 0.481 e. The Morgan fingerprint density at radius 3 is 2.45 bits per heavy atom. The van der Waals surface area contributed by atoms with Crippen LogP contribution in [0.25, 0.3) is 16.7 Å². The molecule has 1 fully saturated rings. The topological polar surface area (TPSA) is 67.9 Å². The summed E-state index contributed by atoms with van der Waals surface area (Å²) in [6, 6.07) is 14.4. The van der Waals surface area contributed by atoms with Gasteiger partial charge in [-0.3, -0.25) is 14.1 Å². The molecule has 0 N–H and O–H groups in total. The Balaban J connectivity index is 1.26. The summed E-state index contributed by atoms with van der Waals surface area (Å²) in [4.78, 5) is 27.2. The van der Waals surface area contributed by atoms with Crippen LogP contribution in [0.4, 0.5) is 0 Å². The molecule has 1 aromatic carbocycles. The molecule has 4 aromatic rings. The predicted octanol–water partition coefficient (Wildman–Crippen LogP) is 2.57. The van der Waals surface area contributed by atoms with Crippen LogP contribution in [0.2, 0.25) is 0 Å². The standard InChI is InChI=1S/C25H30N6O2/c1-19-26-17-22-25(32)30(21-9-10-23(33-2)27-24(21)31(19)22)12-6-11-28-13-15-29(16-14-28)18-20-7-4-3-5-8-20/h3-5,7-10,17H,6,11-16,18H2,1-2H3. The van der Waals surface area contributed by atoms with Gasteiger partial charge in [-0.15, -0.1) is 0 Å². The Labute approximate surface area is 193 Å². The number of methoxy groups -OCH3 is 1. The first kappa shape index (κ1) is 21.6. The van der Waals surface area contributed by atoms with E-state index in [1.54, 1.807) is 13.3 Å². The van der Waals surface area contributed by atoms with E-state index < -0.39 is 0 Å². The van der Waals surface area contributed by atoms with Crippen molar-refractivity contribution in [1.29, 1.82) is 0 Å². The highest BCUT2D eigenvalue weighted by Gasteiger charge is 2.18. The van der Waals surface area contributed by atoms with Crippen molar-refractivity contribution in [3.63, 3.8) is 0 Å². The van der Waals surface area contributed by atoms with Gasteiger partial charge in [0.25, 0.3) is 5.56 Å². The Morgan fingerprint density at radius 2 is 1.70 bits per heavy atom. The molecular formula is C25H30N6O2. The van der Waals surface area contributed by atoms with Crippen molar-refractivity contribution in [2.45, 2.75) is 26.4 Å². The van der Waals surface area contributed by atoms with Gasteiger partial charge in [-0.1, -0.05) is 30.3 Å². The van der Waals surface area contributed by atoms with Crippen LogP contribution in [0.5, 0.6) is 5.88 Å². The third kappa shape index (κ3) is 4.36. The second kappa shape index (κ2) is 9.33. The average molecular weight is 447 g/mol. The molecular weight excluding hydrogens is 416 g/mol. The third-order valence-electron chi connectivity index (χ3n) is 6.51. The zero-order chi connectivity index (χ0) is 22.8. The number of hydrogen-bond acceptors (Lipinski definition) is 6. The molecule has 33 heavy (non-hydrogen) atoms. The molecule has 0 unspecified atom stereocenters. The van der Waals surface area contributed by atoms with Gasteiger partial charge in [-0.05, 0) is 31.5 Å². The van der Waals surface area contributed by atoms with Crippen molar-refractivity contribution in [3.8, 4) is 5.88 Å². The first-order valence-electron chi connectivity index (χ1n) is 11.5. The van der Waals surface area contributed by atoms with Gasteiger partial charge >= 0.3 is 0 Å². The normalized spacial score (nSPS) is 15.5. The second-order valence-corrected chi connectivity index (χ2v) is 8.64. The van der Waals surface area contributed by atoms with E-state index in [9.17, 15) is 4.79 Å². The molecule has 0 spiro atoms. The van der Waals surface area contributed by atoms with Gasteiger partial charge in [-0.25, -0.2) is 4.98 Å². The number of imidazole rings is 1. The minimum Gasteiger partial charge on any atom is -0.481 e. The number of hydrogen-bond donors (Lipinski definition) is 0. The molecule has 0 atom stereocenters. The van der Waals surface area contributed by atoms with E-state index in [-0.39, 0.29) is 5.56 Å². The van der Waals surface area contributed by atoms with Crippen molar-refractivity contribution in [1.82, 2.24) is 28.7 Å². The number of pyridine rings is 1. The van der Waals surface area contributed by atoms with Gasteiger partial charge in [0.2, 0.25) is 5.88 Å². The molecule has 8 heteroatoms. The van der Waals surface area contributed by atoms with Crippen molar-refractivity contribution in [2.24, 2.45) is 0 Å². The van der Waals surface area contributed by atoms with Gasteiger partial charge in [-0.2, -0.15) is 4.98 Å². The number of ether oxygens (including phenoxy) is 1. The molecule has 5 rings (SSSR count). The molecule has 0 amide bonds. The smallest absolute Gasteiger partial charge is 0.277 e. The lowest BCUT2D eigenvalue weighted by Gasteiger charge is -2.34. The van der Waals surface area contributed by atoms with Crippen LogP contribution < -0.4 is 10.3 Å². The molecule has 1 saturated heterocycles. The molecule has 0 bridgehead atoms. The second-order valence-electron chi connectivity index (χ2n) is 8.64. The number of piperazine rings is 1. The SMILES string of the molecule is COc1ccc2c(n1)n1c(C)ncc1c(=O)n2CCCN1CCN(Cc2ccccc2)CC1. The van der Waals surface area contributed by atoms with Crippen LogP contribution in [0.3, 0.4) is 0 Å². The Morgan fingerprint density at radius 1 is 0.939 bits per heavy atom. The van der Waals surface area contributed by atoms with Crippen LogP contribution in [0.15, 0.2) is 53.5 Å². The van der Waals surface area contributed by atoms with Gasteiger partial charge in [0.15, 0.2) is 5.65 Å². The van der Waals surface area contributed by atoms with Crippen LogP contribution in [-0.4, -0.2) is 68.6 Å².